The zero-order valence-corrected chi connectivity index (χ0v) is 9.66. The van der Waals surface area contributed by atoms with Crippen molar-refractivity contribution in [2.75, 3.05) is 13.1 Å². The summed E-state index contributed by atoms with van der Waals surface area (Å²) in [6.07, 6.45) is 2.92. The molecule has 1 unspecified atom stereocenters. The Bertz CT molecular complexity index is 510. The molecule has 0 aliphatic carbocycles. The van der Waals surface area contributed by atoms with Gasteiger partial charge in [0.1, 0.15) is 18.3 Å². The number of aromatic nitrogens is 2. The maximum atomic E-state index is 12.1. The number of hydrogen-bond donors (Lipinski definition) is 2. The van der Waals surface area contributed by atoms with Crippen molar-refractivity contribution in [1.29, 1.82) is 0 Å². The van der Waals surface area contributed by atoms with Crippen LogP contribution in [0.2, 0.25) is 0 Å². The van der Waals surface area contributed by atoms with E-state index in [0.29, 0.717) is 0 Å². The van der Waals surface area contributed by atoms with Crippen LogP contribution >= 0.6 is 0 Å². The Hall–Kier alpha value is -2.38. The monoisotopic (exact) mass is 252 g/mol. The molecule has 2 amide bonds. The number of rotatable bonds is 2. The second-order valence-corrected chi connectivity index (χ2v) is 4.02. The summed E-state index contributed by atoms with van der Waals surface area (Å²) in [6, 6.07) is -1.06. The van der Waals surface area contributed by atoms with E-state index in [4.69, 9.17) is 5.11 Å². The van der Waals surface area contributed by atoms with Crippen molar-refractivity contribution in [2.45, 2.75) is 6.04 Å². The zero-order chi connectivity index (χ0) is 13.3. The maximum Gasteiger partial charge on any atom is 0.328 e. The van der Waals surface area contributed by atoms with E-state index in [1.807, 2.05) is 0 Å². The van der Waals surface area contributed by atoms with E-state index >= 15 is 0 Å². The van der Waals surface area contributed by atoms with Crippen molar-refractivity contribution < 1.29 is 19.5 Å². The molecule has 1 fully saturated rings. The molecule has 1 atom stereocenters. The van der Waals surface area contributed by atoms with Gasteiger partial charge in [0.05, 0.1) is 6.33 Å². The van der Waals surface area contributed by atoms with E-state index in [9.17, 15) is 14.4 Å². The van der Waals surface area contributed by atoms with Gasteiger partial charge in [0.2, 0.25) is 5.91 Å². The van der Waals surface area contributed by atoms with Gasteiger partial charge in [0, 0.05) is 19.8 Å². The van der Waals surface area contributed by atoms with Gasteiger partial charge in [-0.05, 0) is 0 Å². The Labute approximate surface area is 102 Å². The van der Waals surface area contributed by atoms with Crippen molar-refractivity contribution in [1.82, 2.24) is 19.8 Å². The van der Waals surface area contributed by atoms with Gasteiger partial charge in [0.25, 0.3) is 5.91 Å². The quantitative estimate of drug-likeness (QED) is 0.662. The SMILES string of the molecule is Cn1cnc(C(=O)N2CC(=O)NCC2C(=O)O)c1. The van der Waals surface area contributed by atoms with Crippen LogP contribution in [-0.4, -0.2) is 56.5 Å². The first-order valence-electron chi connectivity index (χ1n) is 5.27. The third kappa shape index (κ3) is 2.17. The first-order chi connectivity index (χ1) is 8.49. The Balaban J connectivity index is 2.25. The first-order valence-corrected chi connectivity index (χ1v) is 5.27. The number of hydrogen-bond acceptors (Lipinski definition) is 4. The normalized spacial score (nSPS) is 19.5. The molecule has 96 valence electrons. The van der Waals surface area contributed by atoms with Crippen LogP contribution in [0.5, 0.6) is 0 Å². The molecular formula is C10H12N4O4. The molecule has 1 aromatic rings. The lowest BCUT2D eigenvalue weighted by Gasteiger charge is -2.32. The van der Waals surface area contributed by atoms with Crippen molar-refractivity contribution in [2.24, 2.45) is 7.05 Å². The minimum Gasteiger partial charge on any atom is -0.480 e. The van der Waals surface area contributed by atoms with Gasteiger partial charge in [-0.3, -0.25) is 9.59 Å². The summed E-state index contributed by atoms with van der Waals surface area (Å²) in [5.74, 6) is -2.09. The molecule has 0 spiro atoms. The molecule has 1 aliphatic heterocycles. The molecule has 0 saturated carbocycles. The van der Waals surface area contributed by atoms with Crippen LogP contribution in [0.15, 0.2) is 12.5 Å². The van der Waals surface area contributed by atoms with E-state index in [1.54, 1.807) is 11.6 Å². The fourth-order valence-electron chi connectivity index (χ4n) is 1.75. The van der Waals surface area contributed by atoms with Crippen molar-refractivity contribution in [3.05, 3.63) is 18.2 Å². The van der Waals surface area contributed by atoms with Crippen molar-refractivity contribution in [3.8, 4) is 0 Å². The number of carboxylic acid groups (broad SMARTS) is 1. The maximum absolute atomic E-state index is 12.1. The van der Waals surface area contributed by atoms with E-state index in [0.717, 1.165) is 4.90 Å². The number of nitrogens with zero attached hydrogens (tertiary/aromatic N) is 3. The molecule has 2 N–H and O–H groups in total. The third-order valence-corrected chi connectivity index (χ3v) is 2.65. The number of carboxylic acids is 1. The van der Waals surface area contributed by atoms with Crippen LogP contribution in [0.4, 0.5) is 0 Å². The van der Waals surface area contributed by atoms with Crippen LogP contribution in [0, 0.1) is 0 Å². The van der Waals surface area contributed by atoms with Gasteiger partial charge in [-0.25, -0.2) is 9.78 Å². The predicted molar refractivity (Wildman–Crippen MR) is 58.7 cm³/mol. The fourth-order valence-corrected chi connectivity index (χ4v) is 1.75. The summed E-state index contributed by atoms with van der Waals surface area (Å²) in [5.41, 5.74) is 0.124. The molecule has 0 aromatic carbocycles. The number of aliphatic carboxylic acids is 1. The molecule has 18 heavy (non-hydrogen) atoms. The van der Waals surface area contributed by atoms with Crippen molar-refractivity contribution >= 4 is 17.8 Å². The third-order valence-electron chi connectivity index (χ3n) is 2.65. The molecular weight excluding hydrogens is 240 g/mol. The molecule has 0 radical (unpaired) electrons. The second kappa shape index (κ2) is 4.47. The number of carbonyl (C=O) groups excluding carboxylic acids is 2. The summed E-state index contributed by atoms with van der Waals surface area (Å²) in [4.78, 5) is 39.3. The highest BCUT2D eigenvalue weighted by molar-refractivity contribution is 5.98. The van der Waals surface area contributed by atoms with Crippen LogP contribution < -0.4 is 5.32 Å². The minimum atomic E-state index is -1.15. The number of amides is 2. The number of nitrogens with one attached hydrogen (secondary N) is 1. The summed E-state index contributed by atoms with van der Waals surface area (Å²) in [6.45, 7) is -0.362. The van der Waals surface area contributed by atoms with Crippen LogP contribution in [0.3, 0.4) is 0 Å². The van der Waals surface area contributed by atoms with Crippen LogP contribution in [0.25, 0.3) is 0 Å². The molecule has 8 heteroatoms. The number of carbonyl (C=O) groups is 3. The summed E-state index contributed by atoms with van der Waals surface area (Å²) in [7, 11) is 1.70. The lowest BCUT2D eigenvalue weighted by Crippen LogP contribution is -2.59. The average Bonchev–Trinajstić information content (AvgIpc) is 2.74. The van der Waals surface area contributed by atoms with Gasteiger partial charge in [0.15, 0.2) is 0 Å². The smallest absolute Gasteiger partial charge is 0.328 e. The van der Waals surface area contributed by atoms with Gasteiger partial charge in [-0.2, -0.15) is 0 Å². The highest BCUT2D eigenvalue weighted by Crippen LogP contribution is 2.09. The summed E-state index contributed by atoms with van der Waals surface area (Å²) in [5, 5.41) is 11.4. The molecule has 1 saturated heterocycles. The molecule has 8 nitrogen and oxygen atoms in total. The van der Waals surface area contributed by atoms with Gasteiger partial charge in [-0.15, -0.1) is 0 Å². The Morgan fingerprint density at radius 2 is 2.28 bits per heavy atom. The van der Waals surface area contributed by atoms with Gasteiger partial charge < -0.3 is 19.9 Å². The lowest BCUT2D eigenvalue weighted by molar-refractivity contribution is -0.144. The summed E-state index contributed by atoms with van der Waals surface area (Å²) >= 11 is 0. The van der Waals surface area contributed by atoms with Crippen LogP contribution in [-0.2, 0) is 16.6 Å². The Kier molecular flexibility index (Phi) is 3.00. The average molecular weight is 252 g/mol. The zero-order valence-electron chi connectivity index (χ0n) is 9.66. The Morgan fingerprint density at radius 3 is 2.83 bits per heavy atom. The lowest BCUT2D eigenvalue weighted by atomic mass is 10.1. The highest BCUT2D eigenvalue weighted by atomic mass is 16.4. The first kappa shape index (κ1) is 12.1. The number of piperazine rings is 1. The topological polar surface area (TPSA) is 105 Å². The van der Waals surface area contributed by atoms with Gasteiger partial charge >= 0.3 is 5.97 Å². The van der Waals surface area contributed by atoms with E-state index in [1.165, 1.54) is 12.5 Å². The second-order valence-electron chi connectivity index (χ2n) is 4.02. The van der Waals surface area contributed by atoms with Crippen molar-refractivity contribution in [3.63, 3.8) is 0 Å². The highest BCUT2D eigenvalue weighted by Gasteiger charge is 2.36. The standard InChI is InChI=1S/C10H12N4O4/c1-13-3-6(12-5-13)9(16)14-4-8(15)11-2-7(14)10(17)18/h3,5,7H,2,4H2,1H3,(H,11,15)(H,17,18). The fraction of sp³-hybridized carbons (Fsp3) is 0.400. The molecule has 2 rings (SSSR count). The van der Waals surface area contributed by atoms with Crippen LogP contribution in [0.1, 0.15) is 10.5 Å². The largest absolute Gasteiger partial charge is 0.480 e. The summed E-state index contributed by atoms with van der Waals surface area (Å²) < 4.78 is 1.58. The number of imidazole rings is 1. The predicted octanol–water partition coefficient (Wildman–Crippen LogP) is -1.55. The molecule has 0 bridgehead atoms. The minimum absolute atomic E-state index is 0.0905. The van der Waals surface area contributed by atoms with E-state index in [2.05, 4.69) is 10.3 Å². The molecule has 1 aliphatic rings. The number of aryl methyl sites for hydroxylation is 1. The molecule has 2 heterocycles. The molecule has 1 aromatic heterocycles. The van der Waals surface area contributed by atoms with E-state index < -0.39 is 17.9 Å². The van der Waals surface area contributed by atoms with Gasteiger partial charge in [-0.1, -0.05) is 0 Å². The van der Waals surface area contributed by atoms with E-state index in [-0.39, 0.29) is 24.7 Å². The Morgan fingerprint density at radius 1 is 1.56 bits per heavy atom.